The number of amides is 1. The fraction of sp³-hybridized carbons (Fsp3) is 0.474. The summed E-state index contributed by atoms with van der Waals surface area (Å²) in [7, 11) is 0. The van der Waals surface area contributed by atoms with Gasteiger partial charge in [0.25, 0.3) is 5.91 Å². The van der Waals surface area contributed by atoms with E-state index in [9.17, 15) is 18.0 Å². The zero-order chi connectivity index (χ0) is 19.3. The van der Waals surface area contributed by atoms with Crippen LogP contribution in [0.1, 0.15) is 34.5 Å². The van der Waals surface area contributed by atoms with E-state index >= 15 is 0 Å². The van der Waals surface area contributed by atoms with Crippen LogP contribution in [0, 0.1) is 18.8 Å². The number of carbonyl (C=O) groups excluding carboxylic acids is 1. The lowest BCUT2D eigenvalue weighted by Gasteiger charge is -2.20. The largest absolute Gasteiger partial charge is 0.434 e. The Morgan fingerprint density at radius 3 is 2.57 bits per heavy atom. The van der Waals surface area contributed by atoms with Crippen LogP contribution in [-0.2, 0) is 6.18 Å². The topological polar surface area (TPSA) is 64.2 Å². The fourth-order valence-corrected chi connectivity index (χ4v) is 4.41. The zero-order valence-electron chi connectivity index (χ0n) is 15.3. The van der Waals surface area contributed by atoms with Crippen molar-refractivity contribution in [1.29, 1.82) is 0 Å². The monoisotopic (exact) mass is 414 g/mol. The van der Waals surface area contributed by atoms with Crippen molar-refractivity contribution in [2.75, 3.05) is 13.1 Å². The number of nitrogens with two attached hydrogens (primary N) is 1. The molecule has 0 radical (unpaired) electrons. The summed E-state index contributed by atoms with van der Waals surface area (Å²) in [5.41, 5.74) is 5.61. The molecule has 2 heterocycles. The zero-order valence-corrected chi connectivity index (χ0v) is 16.1. The van der Waals surface area contributed by atoms with Crippen LogP contribution in [-0.4, -0.2) is 39.7 Å². The van der Waals surface area contributed by atoms with Gasteiger partial charge in [0.1, 0.15) is 0 Å². The highest BCUT2D eigenvalue weighted by molar-refractivity contribution is 5.95. The fourth-order valence-electron chi connectivity index (χ4n) is 4.41. The van der Waals surface area contributed by atoms with Crippen molar-refractivity contribution in [3.8, 4) is 5.69 Å². The molecule has 2 N–H and O–H groups in total. The predicted molar refractivity (Wildman–Crippen MR) is 101 cm³/mol. The summed E-state index contributed by atoms with van der Waals surface area (Å²) in [6.07, 6.45) is -1.83. The molecule has 3 unspecified atom stereocenters. The smallest absolute Gasteiger partial charge is 0.338 e. The van der Waals surface area contributed by atoms with Gasteiger partial charge in [-0.25, -0.2) is 4.68 Å². The summed E-state index contributed by atoms with van der Waals surface area (Å²) in [6, 6.07) is 6.68. The number of nitrogens with zero attached hydrogens (tertiary/aromatic N) is 3. The normalized spacial score (nSPS) is 24.2. The molecular formula is C19H22ClF3N4O. The maximum atomic E-state index is 13.8. The maximum Gasteiger partial charge on any atom is 0.434 e. The van der Waals surface area contributed by atoms with Gasteiger partial charge in [-0.05, 0) is 43.2 Å². The van der Waals surface area contributed by atoms with Crippen molar-refractivity contribution >= 4 is 18.3 Å². The van der Waals surface area contributed by atoms with Gasteiger partial charge in [0.05, 0.1) is 17.4 Å². The molecule has 1 amide bonds. The van der Waals surface area contributed by atoms with E-state index in [1.165, 1.54) is 4.90 Å². The van der Waals surface area contributed by atoms with Crippen molar-refractivity contribution in [1.82, 2.24) is 14.7 Å². The molecule has 0 bridgehead atoms. The van der Waals surface area contributed by atoms with Gasteiger partial charge in [-0.2, -0.15) is 18.3 Å². The summed E-state index contributed by atoms with van der Waals surface area (Å²) in [6.45, 7) is 2.59. The molecular weight excluding hydrogens is 393 g/mol. The Labute approximate surface area is 167 Å². The molecule has 2 aromatic rings. The van der Waals surface area contributed by atoms with Crippen LogP contribution >= 0.6 is 12.4 Å². The summed E-state index contributed by atoms with van der Waals surface area (Å²) in [5.74, 6) is -0.164. The van der Waals surface area contributed by atoms with Gasteiger partial charge >= 0.3 is 6.18 Å². The average molecular weight is 415 g/mol. The first-order chi connectivity index (χ1) is 12.8. The molecule has 4 rings (SSSR count). The minimum absolute atomic E-state index is 0. The molecule has 28 heavy (non-hydrogen) atoms. The molecule has 1 saturated heterocycles. The highest BCUT2D eigenvalue weighted by Gasteiger charge is 2.46. The number of alkyl halides is 3. The third-order valence-electron chi connectivity index (χ3n) is 5.81. The number of para-hydroxylation sites is 1. The minimum atomic E-state index is -4.70. The van der Waals surface area contributed by atoms with Gasteiger partial charge in [-0.15, -0.1) is 12.4 Å². The lowest BCUT2D eigenvalue weighted by atomic mass is 9.98. The molecule has 3 atom stereocenters. The number of carbonyl (C=O) groups is 1. The second-order valence-corrected chi connectivity index (χ2v) is 7.48. The van der Waals surface area contributed by atoms with E-state index in [4.69, 9.17) is 5.73 Å². The second-order valence-electron chi connectivity index (χ2n) is 7.48. The Balaban J connectivity index is 0.00000225. The van der Waals surface area contributed by atoms with Gasteiger partial charge in [-0.3, -0.25) is 4.79 Å². The van der Waals surface area contributed by atoms with Crippen molar-refractivity contribution < 1.29 is 18.0 Å². The van der Waals surface area contributed by atoms with Gasteiger partial charge in [0, 0.05) is 19.1 Å². The van der Waals surface area contributed by atoms with Crippen LogP contribution in [0.15, 0.2) is 30.5 Å². The first-order valence-corrected chi connectivity index (χ1v) is 9.03. The van der Waals surface area contributed by atoms with Crippen LogP contribution in [0.2, 0.25) is 0 Å². The van der Waals surface area contributed by atoms with Gasteiger partial charge < -0.3 is 10.6 Å². The van der Waals surface area contributed by atoms with Crippen molar-refractivity contribution in [3.63, 3.8) is 0 Å². The predicted octanol–water partition coefficient (Wildman–Crippen LogP) is 3.43. The molecule has 9 heteroatoms. The highest BCUT2D eigenvalue weighted by atomic mass is 35.5. The van der Waals surface area contributed by atoms with Crippen LogP contribution in [0.5, 0.6) is 0 Å². The number of hydrogen-bond acceptors (Lipinski definition) is 3. The minimum Gasteiger partial charge on any atom is -0.338 e. The first-order valence-electron chi connectivity index (χ1n) is 9.03. The second kappa shape index (κ2) is 7.40. The van der Waals surface area contributed by atoms with E-state index in [0.29, 0.717) is 24.3 Å². The number of benzene rings is 1. The molecule has 152 valence electrons. The third-order valence-corrected chi connectivity index (χ3v) is 5.81. The van der Waals surface area contributed by atoms with E-state index in [-0.39, 0.29) is 30.3 Å². The number of rotatable bonds is 2. The number of fused-ring (bicyclic) bond motifs is 1. The van der Waals surface area contributed by atoms with Gasteiger partial charge in [-0.1, -0.05) is 18.2 Å². The molecule has 0 spiro atoms. The molecule has 2 aliphatic rings. The van der Waals surface area contributed by atoms with Crippen LogP contribution < -0.4 is 5.73 Å². The van der Waals surface area contributed by atoms with E-state index in [1.807, 2.05) is 0 Å². The Bertz CT molecular complexity index is 882. The first kappa shape index (κ1) is 20.7. The van der Waals surface area contributed by atoms with E-state index in [0.717, 1.165) is 23.7 Å². The summed E-state index contributed by atoms with van der Waals surface area (Å²) in [5, 5.41) is 3.92. The number of aromatic nitrogens is 2. The van der Waals surface area contributed by atoms with E-state index in [1.54, 1.807) is 31.2 Å². The molecule has 2 fully saturated rings. The molecule has 1 aromatic carbocycles. The van der Waals surface area contributed by atoms with Gasteiger partial charge in [0.2, 0.25) is 0 Å². The number of aryl methyl sites for hydroxylation is 1. The molecule has 1 aliphatic heterocycles. The third kappa shape index (κ3) is 3.39. The lowest BCUT2D eigenvalue weighted by molar-refractivity contribution is -0.143. The number of halogens is 4. The SMILES string of the molecule is Cc1ccccc1-n1ncc(C(=O)N2CC3CCC(N)C3C2)c1C(F)(F)F.Cl. The van der Waals surface area contributed by atoms with Crippen molar-refractivity contribution in [3.05, 3.63) is 47.3 Å². The van der Waals surface area contributed by atoms with Crippen LogP contribution in [0.25, 0.3) is 5.69 Å². The Kier molecular flexibility index (Phi) is 5.46. The number of hydrogen-bond donors (Lipinski definition) is 1. The molecule has 1 aliphatic carbocycles. The van der Waals surface area contributed by atoms with Crippen LogP contribution in [0.3, 0.4) is 0 Å². The van der Waals surface area contributed by atoms with Gasteiger partial charge in [0.15, 0.2) is 5.69 Å². The van der Waals surface area contributed by atoms with Crippen LogP contribution in [0.4, 0.5) is 13.2 Å². The summed E-state index contributed by atoms with van der Waals surface area (Å²) < 4.78 is 42.4. The number of likely N-dealkylation sites (tertiary alicyclic amines) is 1. The molecule has 1 saturated carbocycles. The quantitative estimate of drug-likeness (QED) is 0.818. The standard InChI is InChI=1S/C19H21F3N4O.ClH/c1-11-4-2-3-5-16(11)26-17(19(20,21)22)13(8-24-26)18(27)25-9-12-6-7-15(23)14(12)10-25;/h2-5,8,12,14-15H,6-7,9-10,23H2,1H3;1H. The Morgan fingerprint density at radius 1 is 1.21 bits per heavy atom. The Morgan fingerprint density at radius 2 is 1.93 bits per heavy atom. The Hall–Kier alpha value is -2.06. The average Bonchev–Trinajstić information content (AvgIpc) is 3.30. The highest BCUT2D eigenvalue weighted by Crippen LogP contribution is 2.39. The summed E-state index contributed by atoms with van der Waals surface area (Å²) in [4.78, 5) is 14.4. The maximum absolute atomic E-state index is 13.8. The van der Waals surface area contributed by atoms with Crippen molar-refractivity contribution in [2.24, 2.45) is 17.6 Å². The van der Waals surface area contributed by atoms with Crippen molar-refractivity contribution in [2.45, 2.75) is 32.0 Å². The van der Waals surface area contributed by atoms with E-state index < -0.39 is 23.3 Å². The molecule has 1 aromatic heterocycles. The van der Waals surface area contributed by atoms with E-state index in [2.05, 4.69) is 5.10 Å². The lowest BCUT2D eigenvalue weighted by Crippen LogP contribution is -2.34. The molecule has 5 nitrogen and oxygen atoms in total. The summed E-state index contributed by atoms with van der Waals surface area (Å²) >= 11 is 0.